The first-order valence-electron chi connectivity index (χ1n) is 5.19. The third-order valence-corrected chi connectivity index (χ3v) is 2.68. The molecule has 2 heterocycles. The second-order valence-electron chi connectivity index (χ2n) is 3.83. The summed E-state index contributed by atoms with van der Waals surface area (Å²) in [5, 5.41) is 0. The molecule has 0 bridgehead atoms. The summed E-state index contributed by atoms with van der Waals surface area (Å²) in [5.41, 5.74) is 5.98. The van der Waals surface area contributed by atoms with Gasteiger partial charge in [0.05, 0.1) is 12.5 Å². The first-order valence-corrected chi connectivity index (χ1v) is 7.01. The van der Waals surface area contributed by atoms with E-state index >= 15 is 0 Å². The second-order valence-corrected chi connectivity index (χ2v) is 5.39. The molecule has 0 atom stereocenters. The van der Waals surface area contributed by atoms with Gasteiger partial charge in [0.25, 0.3) is 0 Å². The van der Waals surface area contributed by atoms with Gasteiger partial charge in [0.2, 0.25) is 0 Å². The van der Waals surface area contributed by atoms with Crippen LogP contribution in [0.1, 0.15) is 0 Å². The van der Waals surface area contributed by atoms with Gasteiger partial charge < -0.3 is 5.73 Å². The number of anilines is 1. The van der Waals surface area contributed by atoms with Crippen molar-refractivity contribution in [2.45, 2.75) is 0 Å². The number of nitrogens with two attached hydrogens (primary N) is 1. The van der Waals surface area contributed by atoms with E-state index in [0.29, 0.717) is 10.3 Å². The molecule has 100 valence electrons. The van der Waals surface area contributed by atoms with Gasteiger partial charge in [0.1, 0.15) is 5.69 Å². The number of nitrogen functional groups attached to an aromatic ring is 1. The van der Waals surface area contributed by atoms with E-state index in [1.54, 1.807) is 24.5 Å². The van der Waals surface area contributed by atoms with Gasteiger partial charge in [0.15, 0.2) is 0 Å². The Labute approximate surface area is 109 Å². The van der Waals surface area contributed by atoms with Gasteiger partial charge in [-0.2, -0.15) is 8.42 Å². The number of nitrogens with zero attached hydrogens (tertiary/aromatic N) is 2. The number of rotatable bonds is 3. The maximum Gasteiger partial charge on any atom is 0.324 e. The molecule has 2 aromatic heterocycles. The summed E-state index contributed by atoms with van der Waals surface area (Å²) in [6.07, 6.45) is 5.24. The fourth-order valence-corrected chi connectivity index (χ4v) is 1.88. The molecule has 0 saturated carbocycles. The highest BCUT2D eigenvalue weighted by molar-refractivity contribution is 7.86. The molecule has 8 heteroatoms. The summed E-state index contributed by atoms with van der Waals surface area (Å²) < 4.78 is 27.3. The number of pyridine rings is 2. The van der Waals surface area contributed by atoms with E-state index in [-0.39, 0.29) is 5.69 Å². The van der Waals surface area contributed by atoms with Crippen molar-refractivity contribution in [2.75, 3.05) is 12.0 Å². The quantitative estimate of drug-likeness (QED) is 0.841. The van der Waals surface area contributed by atoms with Crippen LogP contribution in [0.2, 0.25) is 0 Å². The minimum absolute atomic E-state index is 0.113. The Morgan fingerprint density at radius 3 is 2.47 bits per heavy atom. The summed E-state index contributed by atoms with van der Waals surface area (Å²) in [7, 11) is -3.82. The van der Waals surface area contributed by atoms with E-state index in [2.05, 4.69) is 9.27 Å². The van der Waals surface area contributed by atoms with E-state index in [4.69, 9.17) is 5.73 Å². The van der Waals surface area contributed by atoms with E-state index < -0.39 is 15.7 Å². The van der Waals surface area contributed by atoms with Crippen molar-refractivity contribution in [3.8, 4) is 11.1 Å². The Hall–Kier alpha value is -2.35. The Morgan fingerprint density at radius 1 is 1.26 bits per heavy atom. The molecule has 0 amide bonds. The first-order chi connectivity index (χ1) is 8.87. The predicted molar refractivity (Wildman–Crippen MR) is 69.8 cm³/mol. The van der Waals surface area contributed by atoms with Crippen LogP contribution >= 0.6 is 0 Å². The number of hydrogen-bond acceptors (Lipinski definition) is 6. The van der Waals surface area contributed by atoms with Crippen LogP contribution in [0.25, 0.3) is 11.1 Å². The molecule has 0 aliphatic rings. The summed E-state index contributed by atoms with van der Waals surface area (Å²) in [5.74, 6) is 0. The van der Waals surface area contributed by atoms with Crippen LogP contribution in [0.5, 0.6) is 0 Å². The lowest BCUT2D eigenvalue weighted by Gasteiger charge is -2.09. The molecule has 0 radical (unpaired) electrons. The Balaban J connectivity index is 2.58. The molecule has 0 aliphatic heterocycles. The van der Waals surface area contributed by atoms with Gasteiger partial charge in [-0.3, -0.25) is 14.1 Å². The molecule has 2 rings (SSSR count). The Kier molecular flexibility index (Phi) is 3.26. The minimum Gasteiger partial charge on any atom is -0.394 e. The van der Waals surface area contributed by atoms with Crippen LogP contribution in [0.15, 0.2) is 41.6 Å². The van der Waals surface area contributed by atoms with Gasteiger partial charge in [0, 0.05) is 18.0 Å². The van der Waals surface area contributed by atoms with Crippen LogP contribution in [-0.4, -0.2) is 24.4 Å². The lowest BCUT2D eigenvalue weighted by molar-refractivity contribution is 0.271. The van der Waals surface area contributed by atoms with E-state index in [1.165, 1.54) is 12.3 Å². The Bertz CT molecular complexity index is 753. The SMILES string of the molecule is CS(=O)(=O)On1cc(-c2ccncc2)cc(N)c1=O. The zero-order valence-corrected chi connectivity index (χ0v) is 10.8. The monoisotopic (exact) mass is 281 g/mol. The first kappa shape index (κ1) is 13.1. The van der Waals surface area contributed by atoms with Gasteiger partial charge >= 0.3 is 15.7 Å². The zero-order chi connectivity index (χ0) is 14.0. The molecule has 0 spiro atoms. The third-order valence-electron chi connectivity index (χ3n) is 2.24. The van der Waals surface area contributed by atoms with Crippen LogP contribution in [0.4, 0.5) is 5.69 Å². The molecule has 0 fully saturated rings. The fraction of sp³-hybridized carbons (Fsp3) is 0.0909. The summed E-state index contributed by atoms with van der Waals surface area (Å²) in [6, 6.07) is 4.84. The largest absolute Gasteiger partial charge is 0.394 e. The topological polar surface area (TPSA) is 104 Å². The Morgan fingerprint density at radius 2 is 1.89 bits per heavy atom. The van der Waals surface area contributed by atoms with Crippen LogP contribution in [-0.2, 0) is 10.1 Å². The molecule has 0 aromatic carbocycles. The maximum absolute atomic E-state index is 11.7. The normalized spacial score (nSPS) is 11.2. The predicted octanol–water partition coefficient (Wildman–Crippen LogP) is -0.119. The standard InChI is InChI=1S/C11H11N3O4S/c1-19(16,17)18-14-7-9(6-10(12)11(14)15)8-2-4-13-5-3-8/h2-7H,12H2,1H3. The van der Waals surface area contributed by atoms with Crippen molar-refractivity contribution in [3.63, 3.8) is 0 Å². The fourth-order valence-electron chi connectivity index (χ4n) is 1.48. The molecule has 7 nitrogen and oxygen atoms in total. The van der Waals surface area contributed by atoms with Gasteiger partial charge in [-0.15, -0.1) is 4.73 Å². The van der Waals surface area contributed by atoms with Crippen molar-refractivity contribution in [1.82, 2.24) is 9.71 Å². The smallest absolute Gasteiger partial charge is 0.324 e. The average molecular weight is 281 g/mol. The third kappa shape index (κ3) is 3.10. The summed E-state index contributed by atoms with van der Waals surface area (Å²) in [6.45, 7) is 0. The van der Waals surface area contributed by atoms with Crippen molar-refractivity contribution in [2.24, 2.45) is 0 Å². The van der Waals surface area contributed by atoms with Crippen molar-refractivity contribution >= 4 is 15.8 Å². The zero-order valence-electron chi connectivity index (χ0n) is 9.98. The second kappa shape index (κ2) is 4.73. The summed E-state index contributed by atoms with van der Waals surface area (Å²) >= 11 is 0. The van der Waals surface area contributed by atoms with Gasteiger partial charge in [-0.25, -0.2) is 0 Å². The number of hydrogen-bond donors (Lipinski definition) is 1. The van der Waals surface area contributed by atoms with E-state index in [9.17, 15) is 13.2 Å². The van der Waals surface area contributed by atoms with Crippen molar-refractivity contribution < 1.29 is 12.7 Å². The molecule has 2 aromatic rings. The van der Waals surface area contributed by atoms with Gasteiger partial charge in [-0.1, -0.05) is 0 Å². The minimum atomic E-state index is -3.82. The summed E-state index contributed by atoms with van der Waals surface area (Å²) in [4.78, 5) is 15.5. The molecule has 0 aliphatic carbocycles. The molecular weight excluding hydrogens is 270 g/mol. The molecule has 0 unspecified atom stereocenters. The number of aromatic nitrogens is 2. The average Bonchev–Trinajstić information content (AvgIpc) is 2.34. The van der Waals surface area contributed by atoms with Crippen LogP contribution in [0, 0.1) is 0 Å². The lowest BCUT2D eigenvalue weighted by Crippen LogP contribution is -2.31. The van der Waals surface area contributed by atoms with E-state index in [1.807, 2.05) is 0 Å². The highest BCUT2D eigenvalue weighted by Crippen LogP contribution is 2.18. The van der Waals surface area contributed by atoms with Gasteiger partial charge in [-0.05, 0) is 23.8 Å². The van der Waals surface area contributed by atoms with Crippen molar-refractivity contribution in [3.05, 3.63) is 47.1 Å². The maximum atomic E-state index is 11.7. The lowest BCUT2D eigenvalue weighted by atomic mass is 10.1. The highest BCUT2D eigenvalue weighted by atomic mass is 32.2. The highest BCUT2D eigenvalue weighted by Gasteiger charge is 2.10. The van der Waals surface area contributed by atoms with Crippen LogP contribution in [0.3, 0.4) is 0 Å². The van der Waals surface area contributed by atoms with E-state index in [0.717, 1.165) is 11.8 Å². The molecule has 19 heavy (non-hydrogen) atoms. The van der Waals surface area contributed by atoms with Crippen LogP contribution < -0.4 is 15.6 Å². The van der Waals surface area contributed by atoms with Crippen molar-refractivity contribution in [1.29, 1.82) is 0 Å². The molecule has 0 saturated heterocycles. The molecular formula is C11H11N3O4S. The molecule has 2 N–H and O–H groups in total.